The molecule has 2 amide bonds. The van der Waals surface area contributed by atoms with Crippen molar-refractivity contribution in [1.82, 2.24) is 19.7 Å². The monoisotopic (exact) mass is 796 g/mol. The van der Waals surface area contributed by atoms with E-state index >= 15 is 0 Å². The van der Waals surface area contributed by atoms with Gasteiger partial charge in [0.1, 0.15) is 17.8 Å². The summed E-state index contributed by atoms with van der Waals surface area (Å²) < 4.78 is 6.34. The third-order valence-corrected chi connectivity index (χ3v) is 14.2. The lowest BCUT2D eigenvalue weighted by Gasteiger charge is -2.44. The largest absolute Gasteiger partial charge is 0.477 e. The summed E-state index contributed by atoms with van der Waals surface area (Å²) >= 11 is 1.58. The maximum Gasteiger partial charge on any atom is 0.353 e. The molecule has 0 aromatic carbocycles. The van der Waals surface area contributed by atoms with E-state index in [1.807, 2.05) is 25.3 Å². The van der Waals surface area contributed by atoms with E-state index in [4.69, 9.17) is 4.74 Å². The van der Waals surface area contributed by atoms with Gasteiger partial charge in [0.25, 0.3) is 5.91 Å². The highest BCUT2D eigenvalue weighted by atomic mass is 32.2. The van der Waals surface area contributed by atoms with E-state index in [2.05, 4.69) is 37.6 Å². The number of carbonyl (C=O) groups is 5. The second-order valence-electron chi connectivity index (χ2n) is 18.5. The number of aliphatic hydroxyl groups excluding tert-OH is 1. The Morgan fingerprint density at radius 1 is 1.05 bits per heavy atom. The minimum absolute atomic E-state index is 0.0804. The first-order valence-electron chi connectivity index (χ1n) is 20.6. The molecular formula is C43H64N4O8S. The molecule has 4 aliphatic heterocycles. The molecule has 0 spiro atoms. The Morgan fingerprint density at radius 3 is 2.43 bits per heavy atom. The second kappa shape index (κ2) is 17.7. The highest BCUT2D eigenvalue weighted by Crippen LogP contribution is 2.49. The molecule has 3 saturated heterocycles. The minimum atomic E-state index is -1.09. The lowest BCUT2D eigenvalue weighted by molar-refractivity contribution is -0.165. The van der Waals surface area contributed by atoms with Crippen molar-refractivity contribution < 1.29 is 38.9 Å². The summed E-state index contributed by atoms with van der Waals surface area (Å²) in [6.07, 6.45) is 9.94. The van der Waals surface area contributed by atoms with Crippen molar-refractivity contribution >= 4 is 41.3 Å². The Kier molecular flexibility index (Phi) is 13.8. The Balaban J connectivity index is 1.21. The third-order valence-electron chi connectivity index (χ3n) is 12.9. The zero-order chi connectivity index (χ0) is 41.2. The van der Waals surface area contributed by atoms with Crippen LogP contribution < -0.4 is 0 Å². The Morgan fingerprint density at radius 2 is 1.79 bits per heavy atom. The van der Waals surface area contributed by atoms with Gasteiger partial charge in [0, 0.05) is 53.0 Å². The lowest BCUT2D eigenvalue weighted by atomic mass is 9.78. The van der Waals surface area contributed by atoms with Crippen LogP contribution in [0.3, 0.4) is 0 Å². The number of aliphatic carboxylic acids is 1. The van der Waals surface area contributed by atoms with Crippen LogP contribution in [0.5, 0.6) is 0 Å². The van der Waals surface area contributed by atoms with Crippen LogP contribution in [0, 0.1) is 16.7 Å². The predicted molar refractivity (Wildman–Crippen MR) is 215 cm³/mol. The number of ether oxygens (including phenoxy) is 1. The van der Waals surface area contributed by atoms with Gasteiger partial charge in [-0.2, -0.15) is 0 Å². The fourth-order valence-corrected chi connectivity index (χ4v) is 10.2. The van der Waals surface area contributed by atoms with Crippen molar-refractivity contribution in [1.29, 1.82) is 0 Å². The van der Waals surface area contributed by atoms with Gasteiger partial charge in [0.05, 0.1) is 18.1 Å². The van der Waals surface area contributed by atoms with Crippen LogP contribution in [0.2, 0.25) is 0 Å². The standard InChI is InChI=1S/C43H64N4O8S/c1-9-42(5,6)36(49)38(51)46-21-11-10-14-31(46)40(54)55-29(16-15-28-13-12-20-44-25-28)24-41(3,4)18-19-43(7,8)45-22-17-30(26-45)56-33-23-32-34(27(2)48)37(50)47(32)35(33)39(52)53/h12-13,20,25,27,29-32,34,48H,9-11,14-19,21-24,26H2,1-8H3,(H,52,53)/t27-,29-,30+,31+,32-,34-/m1/s1. The van der Waals surface area contributed by atoms with Crippen LogP contribution in [-0.4, -0.2) is 114 Å². The number of carboxylic acids is 1. The molecule has 1 aromatic heterocycles. The van der Waals surface area contributed by atoms with Gasteiger partial charge < -0.3 is 24.7 Å². The average Bonchev–Trinajstić information content (AvgIpc) is 3.76. The molecule has 12 nitrogen and oxygen atoms in total. The van der Waals surface area contributed by atoms with Crippen molar-refractivity contribution in [3.63, 3.8) is 0 Å². The van der Waals surface area contributed by atoms with E-state index in [1.165, 1.54) is 9.80 Å². The van der Waals surface area contributed by atoms with E-state index in [9.17, 15) is 34.2 Å². The summed E-state index contributed by atoms with van der Waals surface area (Å²) in [6.45, 7) is 18.0. The van der Waals surface area contributed by atoms with Crippen molar-refractivity contribution in [3.05, 3.63) is 40.7 Å². The molecule has 0 unspecified atom stereocenters. The first-order valence-corrected chi connectivity index (χ1v) is 21.5. The lowest BCUT2D eigenvalue weighted by Crippen LogP contribution is -2.61. The number of hydrogen-bond donors (Lipinski definition) is 2. The van der Waals surface area contributed by atoms with Crippen LogP contribution in [0.4, 0.5) is 0 Å². The van der Waals surface area contributed by atoms with E-state index in [1.54, 1.807) is 38.7 Å². The quantitative estimate of drug-likeness (QED) is 0.102. The van der Waals surface area contributed by atoms with Crippen molar-refractivity contribution in [3.8, 4) is 0 Å². The molecule has 310 valence electrons. The number of ketones is 1. The number of hydrogen-bond acceptors (Lipinski definition) is 10. The number of pyridine rings is 1. The summed E-state index contributed by atoms with van der Waals surface area (Å²) in [5.41, 5.74) is -0.00953. The van der Waals surface area contributed by atoms with Gasteiger partial charge in [-0.05, 0) is 109 Å². The van der Waals surface area contributed by atoms with Gasteiger partial charge >= 0.3 is 11.9 Å². The molecule has 0 radical (unpaired) electrons. The molecule has 4 aliphatic rings. The molecule has 5 heterocycles. The molecule has 0 saturated carbocycles. The van der Waals surface area contributed by atoms with Crippen LogP contribution in [-0.2, 0) is 35.1 Å². The number of piperidine rings is 1. The van der Waals surface area contributed by atoms with Crippen LogP contribution in [0.25, 0.3) is 0 Å². The summed E-state index contributed by atoms with van der Waals surface area (Å²) in [5, 5.41) is 20.3. The zero-order valence-electron chi connectivity index (χ0n) is 34.7. The SMILES string of the molecule is CCC(C)(C)C(=O)C(=O)N1CCCC[C@H]1C(=O)O[C@H](CCc1cccnc1)CC(C)(C)CCC(C)(C)N1CC[C@H](SC2=C(C(=O)O)N3C(=O)[C@H]([C@@H](C)O)[C@H]3C2)C1. The number of thioether (sulfide) groups is 1. The number of rotatable bonds is 18. The number of nitrogens with zero attached hydrogens (tertiary/aromatic N) is 4. The van der Waals surface area contributed by atoms with Gasteiger partial charge in [-0.25, -0.2) is 9.59 Å². The molecule has 5 rings (SSSR count). The van der Waals surface area contributed by atoms with E-state index < -0.39 is 53.2 Å². The van der Waals surface area contributed by atoms with E-state index in [-0.39, 0.29) is 33.8 Å². The molecule has 13 heteroatoms. The van der Waals surface area contributed by atoms with Crippen molar-refractivity contribution in [2.75, 3.05) is 19.6 Å². The zero-order valence-corrected chi connectivity index (χ0v) is 35.5. The summed E-state index contributed by atoms with van der Waals surface area (Å²) in [4.78, 5) is 75.9. The summed E-state index contributed by atoms with van der Waals surface area (Å²) in [6, 6.07) is 2.85. The number of esters is 1. The fraction of sp³-hybridized carbons (Fsp3) is 0.721. The molecule has 6 atom stereocenters. The highest BCUT2D eigenvalue weighted by Gasteiger charge is 2.57. The van der Waals surface area contributed by atoms with Crippen LogP contribution >= 0.6 is 11.8 Å². The van der Waals surface area contributed by atoms with Gasteiger partial charge in [0.15, 0.2) is 0 Å². The summed E-state index contributed by atoms with van der Waals surface area (Å²) in [7, 11) is 0. The van der Waals surface area contributed by atoms with Crippen molar-refractivity contribution in [2.45, 2.75) is 161 Å². The molecule has 56 heavy (non-hydrogen) atoms. The van der Waals surface area contributed by atoms with Crippen molar-refractivity contribution in [2.24, 2.45) is 16.7 Å². The number of Topliss-reactive ketones (excluding diaryl/α,β-unsaturated/α-hetero) is 1. The number of carbonyl (C=O) groups excluding carboxylic acids is 4. The van der Waals surface area contributed by atoms with Crippen LogP contribution in [0.15, 0.2) is 35.1 Å². The summed E-state index contributed by atoms with van der Waals surface area (Å²) in [5.74, 6) is -3.45. The number of aliphatic hydroxyl groups is 1. The number of fused-ring (bicyclic) bond motifs is 1. The number of aromatic nitrogens is 1. The third kappa shape index (κ3) is 9.86. The second-order valence-corrected chi connectivity index (χ2v) is 19.9. The predicted octanol–water partition coefficient (Wildman–Crippen LogP) is 6.00. The van der Waals surface area contributed by atoms with Crippen LogP contribution in [0.1, 0.15) is 125 Å². The Bertz CT molecular complexity index is 1660. The van der Waals surface area contributed by atoms with E-state index in [0.29, 0.717) is 45.1 Å². The average molecular weight is 797 g/mol. The number of amides is 2. The maximum atomic E-state index is 14.0. The number of carboxylic acid groups (broad SMARTS) is 1. The van der Waals surface area contributed by atoms with Gasteiger partial charge in [-0.15, -0.1) is 11.8 Å². The molecular weight excluding hydrogens is 733 g/mol. The normalized spacial score (nSPS) is 24.5. The Labute approximate surface area is 337 Å². The van der Waals surface area contributed by atoms with Gasteiger partial charge in [-0.3, -0.25) is 24.3 Å². The molecule has 1 aromatic rings. The fourth-order valence-electron chi connectivity index (χ4n) is 8.75. The first-order chi connectivity index (χ1) is 26.3. The smallest absolute Gasteiger partial charge is 0.353 e. The number of aryl methyl sites for hydroxylation is 1. The molecule has 2 N–H and O–H groups in total. The van der Waals surface area contributed by atoms with Gasteiger partial charge in [0.2, 0.25) is 11.7 Å². The number of β-lactam (4-membered cyclic amide) rings is 1. The Hall–Kier alpha value is -3.29. The molecule has 0 bridgehead atoms. The maximum absolute atomic E-state index is 14.0. The molecule has 0 aliphatic carbocycles. The first kappa shape index (κ1) is 43.8. The minimum Gasteiger partial charge on any atom is -0.477 e. The molecule has 3 fully saturated rings. The van der Waals surface area contributed by atoms with E-state index in [0.717, 1.165) is 55.7 Å². The highest BCUT2D eigenvalue weighted by molar-refractivity contribution is 8.03. The van der Waals surface area contributed by atoms with Gasteiger partial charge in [-0.1, -0.05) is 40.7 Å². The number of likely N-dealkylation sites (tertiary alicyclic amines) is 2. The topological polar surface area (TPSA) is 158 Å².